The summed E-state index contributed by atoms with van der Waals surface area (Å²) in [7, 11) is 1.29. The van der Waals surface area contributed by atoms with Gasteiger partial charge in [-0.05, 0) is 46.5 Å². The summed E-state index contributed by atoms with van der Waals surface area (Å²) in [6.07, 6.45) is 1.57. The Morgan fingerprint density at radius 1 is 0.952 bits per heavy atom. The van der Waals surface area contributed by atoms with Crippen molar-refractivity contribution < 1.29 is 23.9 Å². The van der Waals surface area contributed by atoms with Crippen LogP contribution in [0.4, 0.5) is 4.79 Å². The van der Waals surface area contributed by atoms with Gasteiger partial charge in [0.05, 0.1) is 7.11 Å². The number of methoxy groups -OCH3 is 1. The fourth-order valence-corrected chi connectivity index (χ4v) is 2.07. The number of hydrogen-bond donors (Lipinski definition) is 2. The van der Waals surface area contributed by atoms with E-state index in [9.17, 15) is 14.4 Å². The van der Waals surface area contributed by atoms with Crippen LogP contribution in [0.3, 0.4) is 0 Å². The average molecular weight is 298 g/mol. The third-order valence-corrected chi connectivity index (χ3v) is 3.60. The van der Waals surface area contributed by atoms with E-state index in [4.69, 9.17) is 9.47 Å². The van der Waals surface area contributed by atoms with Gasteiger partial charge in [-0.3, -0.25) is 4.79 Å². The van der Waals surface area contributed by atoms with Gasteiger partial charge >= 0.3 is 12.1 Å². The topological polar surface area (TPSA) is 93.7 Å². The Morgan fingerprint density at radius 3 is 1.86 bits per heavy atom. The lowest BCUT2D eigenvalue weighted by atomic mass is 10.2. The van der Waals surface area contributed by atoms with Crippen molar-refractivity contribution >= 4 is 18.0 Å². The number of alkyl carbamates (subject to hydrolysis) is 1. The maximum absolute atomic E-state index is 12.3. The number of hydrogen-bond acceptors (Lipinski definition) is 5. The molecule has 0 aromatic heterocycles. The Balaban J connectivity index is 1.93. The lowest BCUT2D eigenvalue weighted by Gasteiger charge is -2.24. The molecule has 2 aliphatic carbocycles. The molecule has 7 heteroatoms. The summed E-state index contributed by atoms with van der Waals surface area (Å²) in [5.74, 6) is -0.792. The van der Waals surface area contributed by atoms with Crippen LogP contribution in [0.25, 0.3) is 0 Å². The number of nitrogens with one attached hydrogen (secondary N) is 2. The van der Waals surface area contributed by atoms with Crippen LogP contribution in [0.1, 0.15) is 46.5 Å². The first-order chi connectivity index (χ1) is 9.62. The van der Waals surface area contributed by atoms with Gasteiger partial charge in [-0.25, -0.2) is 9.59 Å². The highest BCUT2D eigenvalue weighted by Gasteiger charge is 2.59. The van der Waals surface area contributed by atoms with Gasteiger partial charge < -0.3 is 20.1 Å². The first-order valence-electron chi connectivity index (χ1n) is 7.05. The second-order valence-corrected chi connectivity index (χ2v) is 6.74. The minimum atomic E-state index is -0.952. The van der Waals surface area contributed by atoms with Crippen LogP contribution in [0, 0.1) is 0 Å². The smallest absolute Gasteiger partial charge is 0.408 e. The minimum absolute atomic E-state index is 0.351. The SMILES string of the molecule is COC(=O)C1(NC(=O)C2(NC(=O)OC(C)(C)C)CC2)CC1. The Kier molecular flexibility index (Phi) is 3.63. The predicted octanol–water partition coefficient (Wildman–Crippen LogP) is 0.865. The summed E-state index contributed by atoms with van der Waals surface area (Å²) >= 11 is 0. The van der Waals surface area contributed by atoms with Gasteiger partial charge in [-0.15, -0.1) is 0 Å². The third kappa shape index (κ3) is 3.46. The predicted molar refractivity (Wildman–Crippen MR) is 73.5 cm³/mol. The molecule has 2 saturated carbocycles. The van der Waals surface area contributed by atoms with E-state index in [1.807, 2.05) is 0 Å². The van der Waals surface area contributed by atoms with Crippen LogP contribution in [-0.4, -0.2) is 41.8 Å². The molecule has 0 unspecified atom stereocenters. The summed E-state index contributed by atoms with van der Waals surface area (Å²) in [5, 5.41) is 5.31. The van der Waals surface area contributed by atoms with Crippen LogP contribution < -0.4 is 10.6 Å². The zero-order valence-electron chi connectivity index (χ0n) is 12.9. The summed E-state index contributed by atoms with van der Waals surface area (Å²) in [4.78, 5) is 35.7. The van der Waals surface area contributed by atoms with Crippen LogP contribution >= 0.6 is 0 Å². The van der Waals surface area contributed by atoms with Gasteiger partial charge in [0.2, 0.25) is 5.91 Å². The van der Waals surface area contributed by atoms with Crippen LogP contribution in [0.2, 0.25) is 0 Å². The maximum atomic E-state index is 12.3. The van der Waals surface area contributed by atoms with E-state index >= 15 is 0 Å². The molecule has 0 atom stereocenters. The van der Waals surface area contributed by atoms with Crippen molar-refractivity contribution in [3.05, 3.63) is 0 Å². The molecule has 0 radical (unpaired) electrons. The largest absolute Gasteiger partial charge is 0.467 e. The van der Waals surface area contributed by atoms with E-state index in [-0.39, 0.29) is 5.91 Å². The Labute approximate surface area is 123 Å². The standard InChI is InChI=1S/C14H22N2O5/c1-12(2,3)21-11(19)16-13(5-6-13)9(17)15-14(7-8-14)10(18)20-4/h5-8H2,1-4H3,(H,15,17)(H,16,19). The number of ether oxygens (including phenoxy) is 2. The van der Waals surface area contributed by atoms with E-state index in [0.717, 1.165) is 0 Å². The molecule has 2 fully saturated rings. The van der Waals surface area contributed by atoms with Gasteiger partial charge in [-0.1, -0.05) is 0 Å². The molecule has 2 rings (SSSR count). The lowest BCUT2D eigenvalue weighted by Crippen LogP contribution is -2.55. The Hall–Kier alpha value is -1.79. The first kappa shape index (κ1) is 15.6. The van der Waals surface area contributed by atoms with Gasteiger partial charge in [0.1, 0.15) is 16.7 Å². The van der Waals surface area contributed by atoms with Crippen molar-refractivity contribution in [2.75, 3.05) is 7.11 Å². The zero-order chi connectivity index (χ0) is 15.9. The second-order valence-electron chi connectivity index (χ2n) is 6.74. The van der Waals surface area contributed by atoms with E-state index in [1.165, 1.54) is 7.11 Å². The van der Waals surface area contributed by atoms with Crippen molar-refractivity contribution in [1.82, 2.24) is 10.6 Å². The number of carbonyl (C=O) groups excluding carboxylic acids is 3. The monoisotopic (exact) mass is 298 g/mol. The summed E-state index contributed by atoms with van der Waals surface area (Å²) in [6.45, 7) is 5.26. The van der Waals surface area contributed by atoms with E-state index in [1.54, 1.807) is 20.8 Å². The number of amides is 2. The van der Waals surface area contributed by atoms with Crippen molar-refractivity contribution in [3.8, 4) is 0 Å². The molecule has 2 aliphatic rings. The van der Waals surface area contributed by atoms with Gasteiger partial charge in [0.15, 0.2) is 0 Å². The van der Waals surface area contributed by atoms with Crippen molar-refractivity contribution in [2.45, 2.75) is 63.1 Å². The molecule has 0 saturated heterocycles. The molecule has 0 bridgehead atoms. The van der Waals surface area contributed by atoms with Gasteiger partial charge in [0, 0.05) is 0 Å². The maximum Gasteiger partial charge on any atom is 0.408 e. The molecule has 0 aromatic carbocycles. The molecule has 0 heterocycles. The third-order valence-electron chi connectivity index (χ3n) is 3.60. The highest BCUT2D eigenvalue weighted by Crippen LogP contribution is 2.41. The molecule has 0 spiro atoms. The molecule has 118 valence electrons. The highest BCUT2D eigenvalue weighted by molar-refractivity contribution is 5.97. The first-order valence-corrected chi connectivity index (χ1v) is 7.05. The van der Waals surface area contributed by atoms with Crippen molar-refractivity contribution in [3.63, 3.8) is 0 Å². The fraction of sp³-hybridized carbons (Fsp3) is 0.786. The normalized spacial score (nSPS) is 21.0. The summed E-state index contributed by atoms with van der Waals surface area (Å²) in [6, 6.07) is 0. The Bertz CT molecular complexity index is 472. The van der Waals surface area contributed by atoms with Crippen molar-refractivity contribution in [2.24, 2.45) is 0 Å². The van der Waals surface area contributed by atoms with Crippen molar-refractivity contribution in [1.29, 1.82) is 0 Å². The molecular weight excluding hydrogens is 276 g/mol. The van der Waals surface area contributed by atoms with E-state index < -0.39 is 28.7 Å². The summed E-state index contributed by atoms with van der Waals surface area (Å²) < 4.78 is 9.85. The number of rotatable bonds is 4. The zero-order valence-corrected chi connectivity index (χ0v) is 12.9. The molecule has 2 N–H and O–H groups in total. The van der Waals surface area contributed by atoms with Gasteiger partial charge in [0.25, 0.3) is 0 Å². The summed E-state index contributed by atoms with van der Waals surface area (Å²) in [5.41, 5.74) is -2.48. The van der Waals surface area contributed by atoms with Crippen LogP contribution in [-0.2, 0) is 19.1 Å². The van der Waals surface area contributed by atoms with Crippen LogP contribution in [0.5, 0.6) is 0 Å². The molecule has 21 heavy (non-hydrogen) atoms. The fourth-order valence-electron chi connectivity index (χ4n) is 2.07. The number of esters is 1. The molecular formula is C14H22N2O5. The molecule has 7 nitrogen and oxygen atoms in total. The number of carbonyl (C=O) groups is 3. The molecule has 0 aliphatic heterocycles. The minimum Gasteiger partial charge on any atom is -0.467 e. The van der Waals surface area contributed by atoms with E-state index in [2.05, 4.69) is 10.6 Å². The molecule has 0 aromatic rings. The van der Waals surface area contributed by atoms with Gasteiger partial charge in [-0.2, -0.15) is 0 Å². The molecule has 2 amide bonds. The van der Waals surface area contributed by atoms with E-state index in [0.29, 0.717) is 25.7 Å². The Morgan fingerprint density at radius 2 is 1.48 bits per heavy atom. The average Bonchev–Trinajstić information content (AvgIpc) is 3.22. The quantitative estimate of drug-likeness (QED) is 0.751. The van der Waals surface area contributed by atoms with Crippen LogP contribution in [0.15, 0.2) is 0 Å². The second kappa shape index (κ2) is 4.89. The lowest BCUT2D eigenvalue weighted by molar-refractivity contribution is -0.146. The highest BCUT2D eigenvalue weighted by atomic mass is 16.6.